The number of rotatable bonds is 4. The second-order valence-electron chi connectivity index (χ2n) is 4.70. The van der Waals surface area contributed by atoms with E-state index in [4.69, 9.17) is 5.11 Å². The Morgan fingerprint density at radius 1 is 1.11 bits per heavy atom. The van der Waals surface area contributed by atoms with Gasteiger partial charge < -0.3 is 10.0 Å². The Balaban J connectivity index is 1.65. The Labute approximate surface area is 108 Å². The van der Waals surface area contributed by atoms with Gasteiger partial charge in [-0.25, -0.2) is 4.79 Å². The molecule has 0 spiro atoms. The van der Waals surface area contributed by atoms with E-state index in [1.165, 1.54) is 10.5 Å². The van der Waals surface area contributed by atoms with Crippen molar-refractivity contribution in [1.82, 2.24) is 9.80 Å². The van der Waals surface area contributed by atoms with Crippen LogP contribution in [0, 0.1) is 0 Å². The molecular weight excluding hydrogens is 228 g/mol. The Morgan fingerprint density at radius 2 is 1.78 bits per heavy atom. The highest BCUT2D eigenvalue weighted by Gasteiger charge is 2.19. The summed E-state index contributed by atoms with van der Waals surface area (Å²) in [5, 5.41) is 8.86. The lowest BCUT2D eigenvalue weighted by Crippen LogP contribution is -2.48. The van der Waals surface area contributed by atoms with E-state index in [1.54, 1.807) is 0 Å². The molecule has 1 aromatic carbocycles. The van der Waals surface area contributed by atoms with E-state index in [0.29, 0.717) is 13.1 Å². The van der Waals surface area contributed by atoms with Crippen LogP contribution in [0.2, 0.25) is 0 Å². The van der Waals surface area contributed by atoms with Crippen LogP contribution in [0.1, 0.15) is 12.0 Å². The molecule has 0 bridgehead atoms. The number of carbonyl (C=O) groups is 1. The number of aryl methyl sites for hydroxylation is 1. The molecule has 4 heteroatoms. The van der Waals surface area contributed by atoms with Gasteiger partial charge >= 0.3 is 6.09 Å². The molecule has 0 saturated carbocycles. The third kappa shape index (κ3) is 3.74. The van der Waals surface area contributed by atoms with E-state index in [-0.39, 0.29) is 0 Å². The highest BCUT2D eigenvalue weighted by Crippen LogP contribution is 2.06. The van der Waals surface area contributed by atoms with Gasteiger partial charge in [0, 0.05) is 26.2 Å². The summed E-state index contributed by atoms with van der Waals surface area (Å²) < 4.78 is 0. The summed E-state index contributed by atoms with van der Waals surface area (Å²) in [5.41, 5.74) is 1.38. The summed E-state index contributed by atoms with van der Waals surface area (Å²) >= 11 is 0. The van der Waals surface area contributed by atoms with E-state index in [2.05, 4.69) is 29.2 Å². The zero-order valence-corrected chi connectivity index (χ0v) is 10.6. The van der Waals surface area contributed by atoms with Gasteiger partial charge in [-0.3, -0.25) is 4.90 Å². The van der Waals surface area contributed by atoms with Crippen LogP contribution < -0.4 is 0 Å². The predicted molar refractivity (Wildman–Crippen MR) is 70.8 cm³/mol. The minimum Gasteiger partial charge on any atom is -0.465 e. The molecule has 1 amide bonds. The highest BCUT2D eigenvalue weighted by atomic mass is 16.4. The van der Waals surface area contributed by atoms with Gasteiger partial charge in [0.25, 0.3) is 0 Å². The molecular formula is C14H20N2O2. The molecule has 2 rings (SSSR count). The Morgan fingerprint density at radius 3 is 2.39 bits per heavy atom. The first-order chi connectivity index (χ1) is 8.75. The molecule has 18 heavy (non-hydrogen) atoms. The molecule has 1 N–H and O–H groups in total. The van der Waals surface area contributed by atoms with Crippen molar-refractivity contribution in [3.8, 4) is 0 Å². The molecule has 1 saturated heterocycles. The SMILES string of the molecule is O=C(O)N1CCN(CCCc2ccccc2)CC1. The number of carboxylic acid groups (broad SMARTS) is 1. The first-order valence-electron chi connectivity index (χ1n) is 6.50. The number of piperazine rings is 1. The van der Waals surface area contributed by atoms with Crippen LogP contribution >= 0.6 is 0 Å². The van der Waals surface area contributed by atoms with Gasteiger partial charge in [-0.2, -0.15) is 0 Å². The number of benzene rings is 1. The average molecular weight is 248 g/mol. The molecule has 1 fully saturated rings. The van der Waals surface area contributed by atoms with E-state index in [9.17, 15) is 4.79 Å². The van der Waals surface area contributed by atoms with E-state index < -0.39 is 6.09 Å². The van der Waals surface area contributed by atoms with Crippen LogP contribution in [0.15, 0.2) is 30.3 Å². The summed E-state index contributed by atoms with van der Waals surface area (Å²) in [7, 11) is 0. The monoisotopic (exact) mass is 248 g/mol. The van der Waals surface area contributed by atoms with Gasteiger partial charge in [0.15, 0.2) is 0 Å². The molecule has 0 atom stereocenters. The predicted octanol–water partition coefficient (Wildman–Crippen LogP) is 1.91. The highest BCUT2D eigenvalue weighted by molar-refractivity contribution is 5.65. The van der Waals surface area contributed by atoms with Gasteiger partial charge in [0.1, 0.15) is 0 Å². The van der Waals surface area contributed by atoms with Crippen molar-refractivity contribution in [2.24, 2.45) is 0 Å². The standard InChI is InChI=1S/C14H20N2O2/c17-14(18)16-11-9-15(10-12-16)8-4-7-13-5-2-1-3-6-13/h1-3,5-6H,4,7-12H2,(H,17,18). The molecule has 4 nitrogen and oxygen atoms in total. The van der Waals surface area contributed by atoms with E-state index in [0.717, 1.165) is 32.5 Å². The lowest BCUT2D eigenvalue weighted by Gasteiger charge is -2.33. The first kappa shape index (κ1) is 12.9. The number of hydrogen-bond donors (Lipinski definition) is 1. The van der Waals surface area contributed by atoms with Crippen LogP contribution in [0.4, 0.5) is 4.79 Å². The summed E-state index contributed by atoms with van der Waals surface area (Å²) in [6, 6.07) is 10.5. The molecule has 0 radical (unpaired) electrons. The largest absolute Gasteiger partial charge is 0.465 e. The fourth-order valence-electron chi connectivity index (χ4n) is 2.31. The van der Waals surface area contributed by atoms with Gasteiger partial charge in [-0.05, 0) is 24.9 Å². The van der Waals surface area contributed by atoms with Crippen molar-refractivity contribution in [1.29, 1.82) is 0 Å². The lowest BCUT2D eigenvalue weighted by atomic mass is 10.1. The van der Waals surface area contributed by atoms with Crippen molar-refractivity contribution < 1.29 is 9.90 Å². The zero-order chi connectivity index (χ0) is 12.8. The quantitative estimate of drug-likeness (QED) is 0.885. The maximum Gasteiger partial charge on any atom is 0.407 e. The number of hydrogen-bond acceptors (Lipinski definition) is 2. The first-order valence-corrected chi connectivity index (χ1v) is 6.50. The van der Waals surface area contributed by atoms with Crippen molar-refractivity contribution in [2.75, 3.05) is 32.7 Å². The van der Waals surface area contributed by atoms with Crippen molar-refractivity contribution >= 4 is 6.09 Å². The Bertz CT molecular complexity index is 373. The lowest BCUT2D eigenvalue weighted by molar-refractivity contribution is 0.105. The average Bonchev–Trinajstić information content (AvgIpc) is 2.40. The number of amides is 1. The molecule has 0 aliphatic carbocycles. The van der Waals surface area contributed by atoms with Gasteiger partial charge in [0.05, 0.1) is 0 Å². The molecule has 98 valence electrons. The molecule has 1 aliphatic rings. The molecule has 0 aromatic heterocycles. The maximum atomic E-state index is 10.8. The smallest absolute Gasteiger partial charge is 0.407 e. The van der Waals surface area contributed by atoms with Crippen molar-refractivity contribution in [3.05, 3.63) is 35.9 Å². The van der Waals surface area contributed by atoms with Crippen LogP contribution in [-0.2, 0) is 6.42 Å². The second kappa shape index (κ2) is 6.40. The minimum absolute atomic E-state index is 0.640. The summed E-state index contributed by atoms with van der Waals surface area (Å²) in [6.07, 6.45) is 1.44. The van der Waals surface area contributed by atoms with E-state index >= 15 is 0 Å². The normalized spacial score (nSPS) is 16.8. The molecule has 0 unspecified atom stereocenters. The van der Waals surface area contributed by atoms with Gasteiger partial charge in [-0.15, -0.1) is 0 Å². The van der Waals surface area contributed by atoms with Crippen molar-refractivity contribution in [3.63, 3.8) is 0 Å². The molecule has 1 heterocycles. The minimum atomic E-state index is -0.793. The fourth-order valence-corrected chi connectivity index (χ4v) is 2.31. The third-order valence-corrected chi connectivity index (χ3v) is 3.43. The van der Waals surface area contributed by atoms with Gasteiger partial charge in [-0.1, -0.05) is 30.3 Å². The van der Waals surface area contributed by atoms with E-state index in [1.807, 2.05) is 6.07 Å². The zero-order valence-electron chi connectivity index (χ0n) is 10.6. The van der Waals surface area contributed by atoms with Crippen LogP contribution in [0.25, 0.3) is 0 Å². The number of nitrogens with zero attached hydrogens (tertiary/aromatic N) is 2. The third-order valence-electron chi connectivity index (χ3n) is 3.43. The molecule has 1 aliphatic heterocycles. The Hall–Kier alpha value is -1.55. The van der Waals surface area contributed by atoms with Gasteiger partial charge in [0.2, 0.25) is 0 Å². The van der Waals surface area contributed by atoms with Crippen LogP contribution in [0.3, 0.4) is 0 Å². The Kier molecular flexibility index (Phi) is 4.59. The molecule has 1 aromatic rings. The topological polar surface area (TPSA) is 43.8 Å². The maximum absolute atomic E-state index is 10.8. The van der Waals surface area contributed by atoms with Crippen molar-refractivity contribution in [2.45, 2.75) is 12.8 Å². The van der Waals surface area contributed by atoms with Crippen LogP contribution in [-0.4, -0.2) is 53.7 Å². The fraction of sp³-hybridized carbons (Fsp3) is 0.500. The second-order valence-corrected chi connectivity index (χ2v) is 4.70. The van der Waals surface area contributed by atoms with Crippen LogP contribution in [0.5, 0.6) is 0 Å². The summed E-state index contributed by atoms with van der Waals surface area (Å²) in [6.45, 7) is 4.06. The summed E-state index contributed by atoms with van der Waals surface area (Å²) in [4.78, 5) is 14.6. The summed E-state index contributed by atoms with van der Waals surface area (Å²) in [5.74, 6) is 0.